The Bertz CT molecular complexity index is 616. The molecule has 3 rings (SSSR count). The van der Waals surface area contributed by atoms with Gasteiger partial charge in [-0.1, -0.05) is 30.3 Å². The molecule has 1 atom stereocenters. The molecule has 116 valence electrons. The number of piperazine rings is 1. The van der Waals surface area contributed by atoms with Crippen molar-refractivity contribution in [1.29, 1.82) is 0 Å². The van der Waals surface area contributed by atoms with E-state index in [1.807, 2.05) is 12.1 Å². The third kappa shape index (κ3) is 3.02. The topological polar surface area (TPSA) is 33.7 Å². The second-order valence-corrected chi connectivity index (χ2v) is 5.40. The molecule has 2 aromatic carbocycles. The molecular formula is C18H22N2O2. The van der Waals surface area contributed by atoms with E-state index in [2.05, 4.69) is 46.6 Å². The van der Waals surface area contributed by atoms with Gasteiger partial charge < -0.3 is 19.7 Å². The summed E-state index contributed by atoms with van der Waals surface area (Å²) in [5.41, 5.74) is 2.44. The van der Waals surface area contributed by atoms with Gasteiger partial charge in [0.25, 0.3) is 0 Å². The largest absolute Gasteiger partial charge is 0.497 e. The van der Waals surface area contributed by atoms with E-state index in [1.54, 1.807) is 14.2 Å². The van der Waals surface area contributed by atoms with E-state index in [0.29, 0.717) is 6.04 Å². The van der Waals surface area contributed by atoms with Crippen molar-refractivity contribution in [1.82, 2.24) is 5.32 Å². The number of hydrogen-bond acceptors (Lipinski definition) is 4. The van der Waals surface area contributed by atoms with Gasteiger partial charge in [-0.25, -0.2) is 0 Å². The van der Waals surface area contributed by atoms with Gasteiger partial charge in [-0.05, 0) is 17.7 Å². The molecular weight excluding hydrogens is 276 g/mol. The Hall–Kier alpha value is -2.20. The van der Waals surface area contributed by atoms with Crippen LogP contribution in [0.15, 0.2) is 48.5 Å². The zero-order valence-corrected chi connectivity index (χ0v) is 13.1. The molecule has 0 saturated carbocycles. The lowest BCUT2D eigenvalue weighted by Gasteiger charge is -2.36. The Balaban J connectivity index is 1.83. The van der Waals surface area contributed by atoms with Crippen LogP contribution in [-0.4, -0.2) is 33.9 Å². The highest BCUT2D eigenvalue weighted by atomic mass is 16.5. The quantitative estimate of drug-likeness (QED) is 0.941. The first-order chi connectivity index (χ1) is 10.8. The van der Waals surface area contributed by atoms with Crippen molar-refractivity contribution in [2.75, 3.05) is 38.8 Å². The number of nitrogens with one attached hydrogen (secondary N) is 1. The fourth-order valence-electron chi connectivity index (χ4n) is 2.92. The van der Waals surface area contributed by atoms with Gasteiger partial charge in [-0.15, -0.1) is 0 Å². The molecule has 22 heavy (non-hydrogen) atoms. The van der Waals surface area contributed by atoms with Gasteiger partial charge in [-0.2, -0.15) is 0 Å². The molecule has 0 spiro atoms. The Morgan fingerprint density at radius 2 is 1.86 bits per heavy atom. The monoisotopic (exact) mass is 298 g/mol. The highest BCUT2D eigenvalue weighted by molar-refractivity contribution is 5.61. The molecule has 0 aromatic heterocycles. The van der Waals surface area contributed by atoms with Crippen molar-refractivity contribution in [3.63, 3.8) is 0 Å². The van der Waals surface area contributed by atoms with Gasteiger partial charge >= 0.3 is 0 Å². The summed E-state index contributed by atoms with van der Waals surface area (Å²) in [5.74, 6) is 1.67. The van der Waals surface area contributed by atoms with Crippen molar-refractivity contribution in [2.45, 2.75) is 6.04 Å². The Kier molecular flexibility index (Phi) is 4.49. The number of methoxy groups -OCH3 is 2. The van der Waals surface area contributed by atoms with E-state index in [-0.39, 0.29) is 0 Å². The van der Waals surface area contributed by atoms with Crippen LogP contribution in [0.1, 0.15) is 11.6 Å². The van der Waals surface area contributed by atoms with Gasteiger partial charge in [0.05, 0.1) is 19.9 Å². The molecule has 0 amide bonds. The molecule has 1 fully saturated rings. The predicted octanol–water partition coefficient (Wildman–Crippen LogP) is 2.85. The summed E-state index contributed by atoms with van der Waals surface area (Å²) in [6.07, 6.45) is 0. The lowest BCUT2D eigenvalue weighted by Crippen LogP contribution is -2.46. The highest BCUT2D eigenvalue weighted by Gasteiger charge is 2.23. The molecule has 1 unspecified atom stereocenters. The third-order valence-corrected chi connectivity index (χ3v) is 4.10. The number of ether oxygens (including phenoxy) is 2. The number of hydrogen-bond donors (Lipinski definition) is 1. The zero-order chi connectivity index (χ0) is 15.4. The van der Waals surface area contributed by atoms with E-state index >= 15 is 0 Å². The van der Waals surface area contributed by atoms with Crippen molar-refractivity contribution in [2.24, 2.45) is 0 Å². The molecule has 1 N–H and O–H groups in total. The second-order valence-electron chi connectivity index (χ2n) is 5.40. The summed E-state index contributed by atoms with van der Waals surface area (Å²) in [5, 5.41) is 3.59. The molecule has 0 radical (unpaired) electrons. The highest BCUT2D eigenvalue weighted by Crippen LogP contribution is 2.34. The van der Waals surface area contributed by atoms with Crippen molar-refractivity contribution in [3.05, 3.63) is 54.1 Å². The van der Waals surface area contributed by atoms with Crippen LogP contribution in [-0.2, 0) is 0 Å². The summed E-state index contributed by atoms with van der Waals surface area (Å²) in [7, 11) is 3.37. The fourth-order valence-corrected chi connectivity index (χ4v) is 2.92. The van der Waals surface area contributed by atoms with E-state index in [1.165, 1.54) is 5.56 Å². The fraction of sp³-hybridized carbons (Fsp3) is 0.333. The minimum atomic E-state index is 0.335. The van der Waals surface area contributed by atoms with Crippen LogP contribution >= 0.6 is 0 Å². The van der Waals surface area contributed by atoms with Crippen LogP contribution in [0.4, 0.5) is 5.69 Å². The third-order valence-electron chi connectivity index (χ3n) is 4.10. The predicted molar refractivity (Wildman–Crippen MR) is 88.9 cm³/mol. The maximum absolute atomic E-state index is 5.54. The van der Waals surface area contributed by atoms with Crippen LogP contribution in [0.3, 0.4) is 0 Å². The first-order valence-electron chi connectivity index (χ1n) is 7.57. The summed E-state index contributed by atoms with van der Waals surface area (Å²) < 4.78 is 10.8. The van der Waals surface area contributed by atoms with Gasteiger partial charge in [0, 0.05) is 31.7 Å². The Morgan fingerprint density at radius 1 is 1.05 bits per heavy atom. The second kappa shape index (κ2) is 6.71. The first-order valence-corrected chi connectivity index (χ1v) is 7.57. The number of benzene rings is 2. The minimum Gasteiger partial charge on any atom is -0.497 e. The minimum absolute atomic E-state index is 0.335. The van der Waals surface area contributed by atoms with E-state index < -0.39 is 0 Å². The average Bonchev–Trinajstić information content (AvgIpc) is 2.62. The SMILES string of the molecule is COc1ccc(N2CCNC(c3ccccc3)C2)c(OC)c1. The molecule has 1 aliphatic rings. The van der Waals surface area contributed by atoms with E-state index in [0.717, 1.165) is 36.8 Å². The van der Waals surface area contributed by atoms with Gasteiger partial charge in [0.2, 0.25) is 0 Å². The number of rotatable bonds is 4. The molecule has 1 saturated heterocycles. The summed E-state index contributed by atoms with van der Waals surface area (Å²) in [4.78, 5) is 2.37. The van der Waals surface area contributed by atoms with Crippen molar-refractivity contribution < 1.29 is 9.47 Å². The maximum Gasteiger partial charge on any atom is 0.145 e. The van der Waals surface area contributed by atoms with E-state index in [9.17, 15) is 0 Å². The van der Waals surface area contributed by atoms with Crippen LogP contribution in [0.5, 0.6) is 11.5 Å². The van der Waals surface area contributed by atoms with Crippen LogP contribution in [0.2, 0.25) is 0 Å². The molecule has 0 aliphatic carbocycles. The number of nitrogens with zero attached hydrogens (tertiary/aromatic N) is 1. The summed E-state index contributed by atoms with van der Waals surface area (Å²) in [6.45, 7) is 2.84. The average molecular weight is 298 g/mol. The summed E-state index contributed by atoms with van der Waals surface area (Å²) in [6, 6.07) is 16.9. The first kappa shape index (κ1) is 14.7. The molecule has 4 nitrogen and oxygen atoms in total. The Labute approximate surface area is 131 Å². The lowest BCUT2D eigenvalue weighted by molar-refractivity contribution is 0.391. The molecule has 1 aliphatic heterocycles. The molecule has 2 aromatic rings. The Morgan fingerprint density at radius 3 is 2.59 bits per heavy atom. The standard InChI is InChI=1S/C18H22N2O2/c1-21-15-8-9-17(18(12-15)22-2)20-11-10-19-16(13-20)14-6-4-3-5-7-14/h3-9,12,16,19H,10-11,13H2,1-2H3. The lowest BCUT2D eigenvalue weighted by atomic mass is 10.0. The van der Waals surface area contributed by atoms with E-state index in [4.69, 9.17) is 9.47 Å². The van der Waals surface area contributed by atoms with Gasteiger partial charge in [0.15, 0.2) is 0 Å². The van der Waals surface area contributed by atoms with Gasteiger partial charge in [0.1, 0.15) is 11.5 Å². The van der Waals surface area contributed by atoms with Crippen LogP contribution in [0, 0.1) is 0 Å². The molecule has 0 bridgehead atoms. The van der Waals surface area contributed by atoms with Crippen LogP contribution < -0.4 is 19.7 Å². The maximum atomic E-state index is 5.54. The normalized spacial score (nSPS) is 18.1. The molecule has 1 heterocycles. The van der Waals surface area contributed by atoms with Crippen LogP contribution in [0.25, 0.3) is 0 Å². The van der Waals surface area contributed by atoms with Crippen molar-refractivity contribution >= 4 is 5.69 Å². The summed E-state index contributed by atoms with van der Waals surface area (Å²) >= 11 is 0. The van der Waals surface area contributed by atoms with Gasteiger partial charge in [-0.3, -0.25) is 0 Å². The smallest absolute Gasteiger partial charge is 0.145 e. The van der Waals surface area contributed by atoms with Crippen molar-refractivity contribution in [3.8, 4) is 11.5 Å². The molecule has 4 heteroatoms. The number of anilines is 1. The zero-order valence-electron chi connectivity index (χ0n) is 13.1.